The van der Waals surface area contributed by atoms with E-state index < -0.39 is 0 Å². The number of aromatic amines is 1. The highest BCUT2D eigenvalue weighted by Gasteiger charge is 2.15. The Bertz CT molecular complexity index is 668. The van der Waals surface area contributed by atoms with Gasteiger partial charge in [-0.15, -0.1) is 5.10 Å². The molecular formula is C13H18N4O3S. The van der Waals surface area contributed by atoms with E-state index in [1.807, 2.05) is 18.2 Å². The van der Waals surface area contributed by atoms with Gasteiger partial charge in [0.05, 0.1) is 14.2 Å². The number of nitrogens with one attached hydrogen (secondary N) is 1. The van der Waals surface area contributed by atoms with Gasteiger partial charge in [-0.1, -0.05) is 11.8 Å². The minimum atomic E-state index is -0.271. The number of nitrogens with two attached hydrogens (primary N) is 1. The summed E-state index contributed by atoms with van der Waals surface area (Å²) in [5.74, 6) is 1.99. The standard InChI is InChI=1S/C13H18N4O3S/c1-17-12(18)15-16-13(17)21-7-10(14)9-6-8(19-2)4-5-11(9)20-3/h4-6,10H,7,14H2,1-3H3,(H,15,18). The molecule has 1 aromatic heterocycles. The van der Waals surface area contributed by atoms with E-state index in [-0.39, 0.29) is 11.7 Å². The van der Waals surface area contributed by atoms with Gasteiger partial charge in [-0.2, -0.15) is 0 Å². The molecule has 0 saturated heterocycles. The summed E-state index contributed by atoms with van der Waals surface area (Å²) >= 11 is 1.40. The number of nitrogens with zero attached hydrogens (tertiary/aromatic N) is 2. The third kappa shape index (κ3) is 3.40. The van der Waals surface area contributed by atoms with Crippen LogP contribution in [0.3, 0.4) is 0 Å². The normalized spacial score (nSPS) is 12.2. The van der Waals surface area contributed by atoms with Gasteiger partial charge < -0.3 is 15.2 Å². The number of rotatable bonds is 6. The predicted octanol–water partition coefficient (Wildman–Crippen LogP) is 0.918. The molecule has 0 aliphatic heterocycles. The molecule has 114 valence electrons. The highest BCUT2D eigenvalue weighted by molar-refractivity contribution is 7.99. The van der Waals surface area contributed by atoms with Crippen molar-refractivity contribution in [2.45, 2.75) is 11.2 Å². The average molecular weight is 310 g/mol. The van der Waals surface area contributed by atoms with E-state index >= 15 is 0 Å². The first-order chi connectivity index (χ1) is 10.1. The maximum atomic E-state index is 11.3. The van der Waals surface area contributed by atoms with Gasteiger partial charge in [0.15, 0.2) is 5.16 Å². The Morgan fingerprint density at radius 1 is 1.43 bits per heavy atom. The van der Waals surface area contributed by atoms with Crippen molar-refractivity contribution in [3.05, 3.63) is 34.2 Å². The lowest BCUT2D eigenvalue weighted by Crippen LogP contribution is -2.16. The zero-order valence-corrected chi connectivity index (χ0v) is 12.9. The van der Waals surface area contributed by atoms with Gasteiger partial charge >= 0.3 is 5.69 Å². The van der Waals surface area contributed by atoms with E-state index in [0.29, 0.717) is 16.7 Å². The number of aromatic nitrogens is 3. The number of H-pyrrole nitrogens is 1. The molecule has 2 aromatic rings. The summed E-state index contributed by atoms with van der Waals surface area (Å²) in [7, 11) is 4.86. The fourth-order valence-electron chi connectivity index (χ4n) is 1.84. The molecule has 1 atom stereocenters. The van der Waals surface area contributed by atoms with Crippen LogP contribution in [0.1, 0.15) is 11.6 Å². The van der Waals surface area contributed by atoms with E-state index in [4.69, 9.17) is 15.2 Å². The summed E-state index contributed by atoms with van der Waals surface area (Å²) in [4.78, 5) is 11.3. The predicted molar refractivity (Wildman–Crippen MR) is 81.0 cm³/mol. The van der Waals surface area contributed by atoms with Gasteiger partial charge in [0, 0.05) is 24.4 Å². The van der Waals surface area contributed by atoms with Crippen molar-refractivity contribution in [2.75, 3.05) is 20.0 Å². The third-order valence-electron chi connectivity index (χ3n) is 3.07. The van der Waals surface area contributed by atoms with Crippen LogP contribution in [0.15, 0.2) is 28.2 Å². The van der Waals surface area contributed by atoms with E-state index in [2.05, 4.69) is 10.2 Å². The second-order valence-electron chi connectivity index (χ2n) is 4.40. The van der Waals surface area contributed by atoms with Gasteiger partial charge in [0.1, 0.15) is 11.5 Å². The SMILES string of the molecule is COc1ccc(OC)c(C(N)CSc2n[nH]c(=O)n2C)c1. The van der Waals surface area contributed by atoms with Crippen LogP contribution in [0, 0.1) is 0 Å². The van der Waals surface area contributed by atoms with Crippen molar-refractivity contribution in [3.63, 3.8) is 0 Å². The fraction of sp³-hybridized carbons (Fsp3) is 0.385. The van der Waals surface area contributed by atoms with Crippen molar-refractivity contribution < 1.29 is 9.47 Å². The molecule has 2 rings (SSSR count). The van der Waals surface area contributed by atoms with Crippen LogP contribution < -0.4 is 20.9 Å². The highest BCUT2D eigenvalue weighted by atomic mass is 32.2. The number of benzene rings is 1. The Labute approximate surface area is 126 Å². The molecule has 0 spiro atoms. The number of ether oxygens (including phenoxy) is 2. The first kappa shape index (κ1) is 15.5. The first-order valence-electron chi connectivity index (χ1n) is 6.28. The van der Waals surface area contributed by atoms with Crippen LogP contribution in [0.5, 0.6) is 11.5 Å². The molecular weight excluding hydrogens is 292 g/mol. The van der Waals surface area contributed by atoms with Crippen molar-refractivity contribution in [3.8, 4) is 11.5 Å². The minimum absolute atomic E-state index is 0.245. The molecule has 0 amide bonds. The van der Waals surface area contributed by atoms with E-state index in [1.54, 1.807) is 21.3 Å². The molecule has 7 nitrogen and oxygen atoms in total. The molecule has 0 aliphatic carbocycles. The van der Waals surface area contributed by atoms with E-state index in [1.165, 1.54) is 16.3 Å². The Kier molecular flexibility index (Phi) is 4.92. The lowest BCUT2D eigenvalue weighted by atomic mass is 10.1. The molecule has 0 bridgehead atoms. The fourth-order valence-corrected chi connectivity index (χ4v) is 2.74. The molecule has 8 heteroatoms. The van der Waals surface area contributed by atoms with Crippen LogP contribution in [0.4, 0.5) is 0 Å². The molecule has 0 radical (unpaired) electrons. The molecule has 3 N–H and O–H groups in total. The van der Waals surface area contributed by atoms with Gasteiger partial charge in [0.25, 0.3) is 0 Å². The molecule has 1 aromatic carbocycles. The van der Waals surface area contributed by atoms with Crippen molar-refractivity contribution in [1.29, 1.82) is 0 Å². The summed E-state index contributed by atoms with van der Waals surface area (Å²) in [6, 6.07) is 5.22. The molecule has 0 saturated carbocycles. The molecule has 1 heterocycles. The zero-order valence-electron chi connectivity index (χ0n) is 12.1. The lowest BCUT2D eigenvalue weighted by molar-refractivity contribution is 0.396. The van der Waals surface area contributed by atoms with Crippen molar-refractivity contribution >= 4 is 11.8 Å². The number of hydrogen-bond donors (Lipinski definition) is 2. The van der Waals surface area contributed by atoms with Gasteiger partial charge in [-0.05, 0) is 18.2 Å². The average Bonchev–Trinajstić information content (AvgIpc) is 2.83. The topological polar surface area (TPSA) is 95.2 Å². The van der Waals surface area contributed by atoms with Crippen LogP contribution in [0.25, 0.3) is 0 Å². The summed E-state index contributed by atoms with van der Waals surface area (Å²) in [5.41, 5.74) is 6.82. The summed E-state index contributed by atoms with van der Waals surface area (Å²) in [5, 5.41) is 6.92. The lowest BCUT2D eigenvalue weighted by Gasteiger charge is -2.16. The van der Waals surface area contributed by atoms with Crippen molar-refractivity contribution in [1.82, 2.24) is 14.8 Å². The zero-order chi connectivity index (χ0) is 15.4. The molecule has 0 fully saturated rings. The maximum absolute atomic E-state index is 11.3. The maximum Gasteiger partial charge on any atom is 0.343 e. The first-order valence-corrected chi connectivity index (χ1v) is 7.27. The second kappa shape index (κ2) is 6.68. The van der Waals surface area contributed by atoms with Gasteiger partial charge in [0.2, 0.25) is 0 Å². The van der Waals surface area contributed by atoms with Crippen LogP contribution >= 0.6 is 11.8 Å². The molecule has 21 heavy (non-hydrogen) atoms. The number of hydrogen-bond acceptors (Lipinski definition) is 6. The van der Waals surface area contributed by atoms with E-state index in [0.717, 1.165) is 11.3 Å². The Morgan fingerprint density at radius 3 is 2.76 bits per heavy atom. The summed E-state index contributed by atoms with van der Waals surface area (Å²) in [6.45, 7) is 0. The Balaban J connectivity index is 2.14. The largest absolute Gasteiger partial charge is 0.497 e. The van der Waals surface area contributed by atoms with Gasteiger partial charge in [-0.25, -0.2) is 9.89 Å². The smallest absolute Gasteiger partial charge is 0.343 e. The van der Waals surface area contributed by atoms with Crippen molar-refractivity contribution in [2.24, 2.45) is 12.8 Å². The molecule has 0 aliphatic rings. The number of methoxy groups -OCH3 is 2. The summed E-state index contributed by atoms with van der Waals surface area (Å²) < 4.78 is 12.0. The van der Waals surface area contributed by atoms with E-state index in [9.17, 15) is 4.79 Å². The third-order valence-corrected chi connectivity index (χ3v) is 4.22. The Morgan fingerprint density at radius 2 is 2.19 bits per heavy atom. The highest BCUT2D eigenvalue weighted by Crippen LogP contribution is 2.30. The van der Waals surface area contributed by atoms with Gasteiger partial charge in [-0.3, -0.25) is 4.57 Å². The van der Waals surface area contributed by atoms with Crippen LogP contribution in [-0.2, 0) is 7.05 Å². The Hall–Kier alpha value is -1.93. The summed E-state index contributed by atoms with van der Waals surface area (Å²) in [6.07, 6.45) is 0. The van der Waals surface area contributed by atoms with Crippen LogP contribution in [0.2, 0.25) is 0 Å². The molecule has 1 unspecified atom stereocenters. The minimum Gasteiger partial charge on any atom is -0.497 e. The monoisotopic (exact) mass is 310 g/mol. The quantitative estimate of drug-likeness (QED) is 0.770. The second-order valence-corrected chi connectivity index (χ2v) is 5.38. The number of thioether (sulfide) groups is 1. The van der Waals surface area contributed by atoms with Crippen LogP contribution in [-0.4, -0.2) is 34.7 Å².